The summed E-state index contributed by atoms with van der Waals surface area (Å²) in [5.41, 5.74) is 0.383. The van der Waals surface area contributed by atoms with E-state index in [-0.39, 0.29) is 17.7 Å². The molecule has 33 heavy (non-hydrogen) atoms. The third-order valence-corrected chi connectivity index (χ3v) is 5.26. The fraction of sp³-hybridized carbons (Fsp3) is 0.429. The lowest BCUT2D eigenvalue weighted by atomic mass is 10.2. The van der Waals surface area contributed by atoms with Crippen LogP contribution in [-0.4, -0.2) is 57.4 Å². The van der Waals surface area contributed by atoms with Crippen molar-refractivity contribution in [2.24, 2.45) is 0 Å². The molecule has 0 bridgehead atoms. The third kappa shape index (κ3) is 4.70. The normalized spacial score (nSPS) is 14.6. The maximum atomic E-state index is 13.4. The highest BCUT2D eigenvalue weighted by atomic mass is 19.4. The Labute approximate surface area is 186 Å². The summed E-state index contributed by atoms with van der Waals surface area (Å²) in [6.07, 6.45) is -4.80. The number of fused-ring (bicyclic) bond motifs is 1. The number of hydrogen-bond donors (Lipinski definition) is 1. The van der Waals surface area contributed by atoms with E-state index in [4.69, 9.17) is 0 Å². The first kappa shape index (κ1) is 22.8. The number of hydrogen-bond acceptors (Lipinski definition) is 7. The Bertz CT molecular complexity index is 1200. The van der Waals surface area contributed by atoms with Crippen molar-refractivity contribution in [2.75, 3.05) is 31.1 Å². The van der Waals surface area contributed by atoms with Crippen LogP contribution in [0.15, 0.2) is 35.1 Å². The molecule has 1 aromatic carbocycles. The molecular weight excluding hydrogens is 441 g/mol. The van der Waals surface area contributed by atoms with Gasteiger partial charge in [-0.3, -0.25) is 13.9 Å². The minimum atomic E-state index is -5.22. The molecule has 12 heteroatoms. The van der Waals surface area contributed by atoms with Crippen LogP contribution >= 0.6 is 0 Å². The number of halogens is 3. The summed E-state index contributed by atoms with van der Waals surface area (Å²) >= 11 is 0. The van der Waals surface area contributed by atoms with E-state index >= 15 is 0 Å². The Morgan fingerprint density at radius 2 is 1.82 bits per heavy atom. The van der Waals surface area contributed by atoms with Crippen molar-refractivity contribution in [3.05, 3.63) is 46.2 Å². The molecule has 1 saturated heterocycles. The molecule has 1 aliphatic rings. The number of esters is 1. The highest BCUT2D eigenvalue weighted by Crippen LogP contribution is 2.25. The third-order valence-electron chi connectivity index (χ3n) is 5.26. The first-order valence-electron chi connectivity index (χ1n) is 10.6. The van der Waals surface area contributed by atoms with Gasteiger partial charge in [0.25, 0.3) is 5.56 Å². The van der Waals surface area contributed by atoms with Gasteiger partial charge in [-0.05, 0) is 12.0 Å². The predicted octanol–water partition coefficient (Wildman–Crippen LogP) is 1.93. The van der Waals surface area contributed by atoms with Crippen molar-refractivity contribution < 1.29 is 22.7 Å². The Balaban J connectivity index is 1.90. The van der Waals surface area contributed by atoms with Gasteiger partial charge in [-0.25, -0.2) is 4.79 Å². The fourth-order valence-electron chi connectivity index (χ4n) is 3.74. The molecule has 0 atom stereocenters. The number of rotatable bonds is 6. The number of carbonyl (C=O) groups excluding carboxylic acids is 1. The number of aromatic nitrogens is 4. The minimum Gasteiger partial charge on any atom is -0.385 e. The smallest absolute Gasteiger partial charge is 0.385 e. The summed E-state index contributed by atoms with van der Waals surface area (Å²) in [5, 5.41) is 3.25. The zero-order valence-corrected chi connectivity index (χ0v) is 17.9. The maximum absolute atomic E-state index is 13.4. The first-order valence-corrected chi connectivity index (χ1v) is 10.6. The van der Waals surface area contributed by atoms with Crippen LogP contribution in [0.25, 0.3) is 11.2 Å². The number of imidazole rings is 1. The molecule has 0 spiro atoms. The molecule has 0 unspecified atom stereocenters. The number of carbonyl (C=O) groups is 1. The molecule has 3 aromatic rings. The Kier molecular flexibility index (Phi) is 6.36. The van der Waals surface area contributed by atoms with Crippen molar-refractivity contribution in [3.8, 4) is 6.01 Å². The summed E-state index contributed by atoms with van der Waals surface area (Å²) in [6, 6.07) is 8.73. The van der Waals surface area contributed by atoms with Crippen LogP contribution in [0.1, 0.15) is 18.9 Å². The molecule has 176 valence electrons. The highest BCUT2D eigenvalue weighted by molar-refractivity contribution is 5.79. The fourth-order valence-corrected chi connectivity index (χ4v) is 3.74. The van der Waals surface area contributed by atoms with Gasteiger partial charge in [0.1, 0.15) is 0 Å². The van der Waals surface area contributed by atoms with Crippen LogP contribution < -0.4 is 20.5 Å². The quantitative estimate of drug-likeness (QED) is 0.557. The van der Waals surface area contributed by atoms with Crippen LogP contribution in [0, 0.1) is 0 Å². The zero-order valence-electron chi connectivity index (χ0n) is 17.9. The Hall–Kier alpha value is -3.41. The van der Waals surface area contributed by atoms with Crippen molar-refractivity contribution in [1.82, 2.24) is 24.4 Å². The van der Waals surface area contributed by atoms with Gasteiger partial charge in [0, 0.05) is 32.7 Å². The topological polar surface area (TPSA) is 94.3 Å². The van der Waals surface area contributed by atoms with Gasteiger partial charge in [-0.2, -0.15) is 23.1 Å². The molecule has 3 heterocycles. The monoisotopic (exact) mass is 464 g/mol. The van der Waals surface area contributed by atoms with E-state index in [9.17, 15) is 22.8 Å². The summed E-state index contributed by atoms with van der Waals surface area (Å²) in [4.78, 5) is 35.4. The highest BCUT2D eigenvalue weighted by Gasteiger charge is 2.42. The molecule has 0 amide bonds. The van der Waals surface area contributed by atoms with Gasteiger partial charge in [0.15, 0.2) is 11.2 Å². The molecule has 0 aliphatic carbocycles. The minimum absolute atomic E-state index is 0.0295. The number of nitrogens with zero attached hydrogens (tertiary/aromatic N) is 5. The number of piperazine rings is 1. The first-order chi connectivity index (χ1) is 15.8. The largest absolute Gasteiger partial charge is 0.491 e. The number of ether oxygens (including phenoxy) is 1. The average molecular weight is 464 g/mol. The summed E-state index contributed by atoms with van der Waals surface area (Å²) in [6.45, 7) is 4.81. The molecule has 1 aliphatic heterocycles. The number of benzene rings is 1. The molecule has 0 saturated carbocycles. The zero-order chi connectivity index (χ0) is 23.6. The van der Waals surface area contributed by atoms with Crippen molar-refractivity contribution >= 4 is 23.1 Å². The van der Waals surface area contributed by atoms with Crippen LogP contribution in [-0.2, 0) is 17.9 Å². The lowest BCUT2D eigenvalue weighted by Crippen LogP contribution is -2.44. The van der Waals surface area contributed by atoms with Crippen molar-refractivity contribution in [3.63, 3.8) is 0 Å². The van der Waals surface area contributed by atoms with E-state index in [0.29, 0.717) is 32.0 Å². The SMILES string of the molecule is CCCn1c(OC(=O)C(F)(F)F)nc2nc(N3CCNCC3)n(Cc3ccccc3)c2c1=O. The van der Waals surface area contributed by atoms with Crippen LogP contribution in [0.4, 0.5) is 19.1 Å². The molecule has 4 rings (SSSR count). The van der Waals surface area contributed by atoms with Gasteiger partial charge >= 0.3 is 18.2 Å². The van der Waals surface area contributed by atoms with Crippen molar-refractivity contribution in [1.29, 1.82) is 0 Å². The Morgan fingerprint density at radius 1 is 1.12 bits per heavy atom. The van der Waals surface area contributed by atoms with Gasteiger partial charge in [-0.1, -0.05) is 37.3 Å². The van der Waals surface area contributed by atoms with Gasteiger partial charge < -0.3 is 15.0 Å². The van der Waals surface area contributed by atoms with Gasteiger partial charge in [0.2, 0.25) is 5.95 Å². The van der Waals surface area contributed by atoms with E-state index in [1.165, 1.54) is 0 Å². The lowest BCUT2D eigenvalue weighted by Gasteiger charge is -2.28. The molecule has 1 N–H and O–H groups in total. The maximum Gasteiger partial charge on any atom is 0.491 e. The van der Waals surface area contributed by atoms with E-state index in [1.54, 1.807) is 11.5 Å². The average Bonchev–Trinajstić information content (AvgIpc) is 3.15. The van der Waals surface area contributed by atoms with Crippen LogP contribution in [0.3, 0.4) is 0 Å². The van der Waals surface area contributed by atoms with Crippen molar-refractivity contribution in [2.45, 2.75) is 32.6 Å². The van der Waals surface area contributed by atoms with E-state index in [2.05, 4.69) is 20.0 Å². The second-order valence-corrected chi connectivity index (χ2v) is 7.63. The summed E-state index contributed by atoms with van der Waals surface area (Å²) in [5.74, 6) is -1.95. The van der Waals surface area contributed by atoms with Gasteiger partial charge in [0.05, 0.1) is 6.54 Å². The Morgan fingerprint density at radius 3 is 2.45 bits per heavy atom. The van der Waals surface area contributed by atoms with E-state index in [0.717, 1.165) is 23.2 Å². The number of nitrogens with one attached hydrogen (secondary N) is 1. The van der Waals surface area contributed by atoms with Crippen LogP contribution in [0.5, 0.6) is 6.01 Å². The predicted molar refractivity (Wildman–Crippen MR) is 114 cm³/mol. The molecule has 1 fully saturated rings. The summed E-state index contributed by atoms with van der Waals surface area (Å²) in [7, 11) is 0. The number of alkyl halides is 3. The standard InChI is InChI=1S/C21H23F3N6O3/c1-2-10-29-17(31)15-16(27-20(29)33-18(32)21(22,23)24)26-19(28-11-8-25-9-12-28)30(15)13-14-6-4-3-5-7-14/h3-7,25H,2,8-13H2,1H3. The molecule has 0 radical (unpaired) electrons. The molecular formula is C21H23F3N6O3. The number of anilines is 1. The van der Waals surface area contributed by atoms with E-state index < -0.39 is 23.7 Å². The van der Waals surface area contributed by atoms with Crippen LogP contribution in [0.2, 0.25) is 0 Å². The lowest BCUT2D eigenvalue weighted by molar-refractivity contribution is -0.190. The van der Waals surface area contributed by atoms with E-state index in [1.807, 2.05) is 35.2 Å². The second kappa shape index (κ2) is 9.22. The molecule has 2 aromatic heterocycles. The molecule has 9 nitrogen and oxygen atoms in total. The summed E-state index contributed by atoms with van der Waals surface area (Å²) < 4.78 is 45.6. The van der Waals surface area contributed by atoms with Gasteiger partial charge in [-0.15, -0.1) is 0 Å². The second-order valence-electron chi connectivity index (χ2n) is 7.63.